The van der Waals surface area contributed by atoms with E-state index in [-0.39, 0.29) is 23.9 Å². The topological polar surface area (TPSA) is 111 Å². The van der Waals surface area contributed by atoms with Crippen molar-refractivity contribution in [1.82, 2.24) is 9.88 Å². The maximum atomic E-state index is 12.2. The van der Waals surface area contributed by atoms with Crippen LogP contribution in [-0.4, -0.2) is 44.6 Å². The van der Waals surface area contributed by atoms with Crippen LogP contribution in [0.2, 0.25) is 0 Å². The zero-order valence-electron chi connectivity index (χ0n) is 10.1. The van der Waals surface area contributed by atoms with E-state index in [1.807, 2.05) is 0 Å². The molecule has 7 heteroatoms. The van der Waals surface area contributed by atoms with Gasteiger partial charge in [-0.1, -0.05) is 0 Å². The molecule has 1 saturated heterocycles. The molecule has 2 rings (SSSR count). The minimum atomic E-state index is -0.960. The highest BCUT2D eigenvalue weighted by Crippen LogP contribution is 2.22. The molecule has 1 amide bonds. The molecule has 0 bridgehead atoms. The number of aromatic nitrogens is 1. The van der Waals surface area contributed by atoms with E-state index < -0.39 is 17.4 Å². The number of H-pyrrole nitrogens is 1. The van der Waals surface area contributed by atoms with Crippen molar-refractivity contribution in [1.29, 1.82) is 0 Å². The van der Waals surface area contributed by atoms with E-state index >= 15 is 0 Å². The third kappa shape index (κ3) is 2.93. The highest BCUT2D eigenvalue weighted by atomic mass is 16.4. The molecule has 0 radical (unpaired) electrons. The first-order valence-electron chi connectivity index (χ1n) is 5.93. The van der Waals surface area contributed by atoms with Crippen molar-refractivity contribution in [2.45, 2.75) is 25.3 Å². The van der Waals surface area contributed by atoms with Crippen LogP contribution in [0.4, 0.5) is 0 Å². The summed E-state index contributed by atoms with van der Waals surface area (Å²) < 4.78 is 0. The molecule has 2 heterocycles. The van der Waals surface area contributed by atoms with Crippen LogP contribution in [0.5, 0.6) is 5.88 Å². The van der Waals surface area contributed by atoms with Gasteiger partial charge in [-0.15, -0.1) is 0 Å². The fraction of sp³-hybridized carbons (Fsp3) is 0.417. The number of carboxylic acid groups (broad SMARTS) is 1. The smallest absolute Gasteiger partial charge is 0.305 e. The summed E-state index contributed by atoms with van der Waals surface area (Å²) in [6.45, 7) is 0.463. The van der Waals surface area contributed by atoms with Gasteiger partial charge in [-0.25, -0.2) is 0 Å². The number of hydrogen-bond donors (Lipinski definition) is 3. The Morgan fingerprint density at radius 3 is 2.79 bits per heavy atom. The van der Waals surface area contributed by atoms with Gasteiger partial charge in [0.15, 0.2) is 5.88 Å². The van der Waals surface area contributed by atoms with Crippen LogP contribution in [0.25, 0.3) is 0 Å². The molecule has 7 nitrogen and oxygen atoms in total. The van der Waals surface area contributed by atoms with E-state index in [0.717, 1.165) is 12.5 Å². The number of hydrogen-bond acceptors (Lipinski definition) is 4. The molecule has 0 aromatic carbocycles. The van der Waals surface area contributed by atoms with E-state index in [9.17, 15) is 19.5 Å². The van der Waals surface area contributed by atoms with E-state index in [2.05, 4.69) is 4.98 Å². The van der Waals surface area contributed by atoms with Crippen LogP contribution in [-0.2, 0) is 4.79 Å². The highest BCUT2D eigenvalue weighted by Gasteiger charge is 2.31. The summed E-state index contributed by atoms with van der Waals surface area (Å²) in [5, 5.41) is 18.1. The Kier molecular flexibility index (Phi) is 3.55. The van der Waals surface area contributed by atoms with E-state index in [0.29, 0.717) is 13.0 Å². The number of carbonyl (C=O) groups excluding carboxylic acids is 1. The minimum Gasteiger partial charge on any atom is -0.494 e. The Labute approximate surface area is 108 Å². The summed E-state index contributed by atoms with van der Waals surface area (Å²) in [6.07, 6.45) is 1.26. The van der Waals surface area contributed by atoms with Crippen LogP contribution < -0.4 is 5.56 Å². The predicted octanol–water partition coefficient (Wildman–Crippen LogP) is 0.160. The Hall–Kier alpha value is -2.31. The predicted molar refractivity (Wildman–Crippen MR) is 65.0 cm³/mol. The largest absolute Gasteiger partial charge is 0.494 e. The number of likely N-dealkylation sites (tertiary alicyclic amines) is 1. The molecule has 1 aromatic rings. The van der Waals surface area contributed by atoms with Gasteiger partial charge in [0.1, 0.15) is 0 Å². The first-order chi connectivity index (χ1) is 8.97. The van der Waals surface area contributed by atoms with Gasteiger partial charge in [-0.05, 0) is 12.8 Å². The lowest BCUT2D eigenvalue weighted by atomic mass is 10.1. The molecule has 0 spiro atoms. The summed E-state index contributed by atoms with van der Waals surface area (Å²) in [4.78, 5) is 37.7. The maximum Gasteiger partial charge on any atom is 0.305 e. The van der Waals surface area contributed by atoms with Crippen molar-refractivity contribution < 1.29 is 19.8 Å². The average molecular weight is 266 g/mol. The normalized spacial score (nSPS) is 18.5. The molecule has 0 saturated carbocycles. The van der Waals surface area contributed by atoms with Gasteiger partial charge in [-0.2, -0.15) is 0 Å². The van der Waals surface area contributed by atoms with Gasteiger partial charge < -0.3 is 15.1 Å². The zero-order chi connectivity index (χ0) is 14.0. The van der Waals surface area contributed by atoms with Crippen LogP contribution >= 0.6 is 0 Å². The highest BCUT2D eigenvalue weighted by molar-refractivity contribution is 5.95. The quantitative estimate of drug-likeness (QED) is 0.721. The lowest BCUT2D eigenvalue weighted by Crippen LogP contribution is -2.37. The molecule has 1 aliphatic heterocycles. The molecule has 1 unspecified atom stereocenters. The van der Waals surface area contributed by atoms with Gasteiger partial charge in [-0.3, -0.25) is 19.4 Å². The summed E-state index contributed by atoms with van der Waals surface area (Å²) in [7, 11) is 0. The Balaban J connectivity index is 2.22. The minimum absolute atomic E-state index is 0.0681. The third-order valence-corrected chi connectivity index (χ3v) is 3.13. The van der Waals surface area contributed by atoms with Gasteiger partial charge in [0.2, 0.25) is 0 Å². The number of nitrogens with zero attached hydrogens (tertiary/aromatic N) is 1. The summed E-state index contributed by atoms with van der Waals surface area (Å²) in [6, 6.07) is 1.91. The van der Waals surface area contributed by atoms with Gasteiger partial charge >= 0.3 is 5.97 Å². The Bertz CT molecular complexity index is 565. The maximum absolute atomic E-state index is 12.2. The van der Waals surface area contributed by atoms with Gasteiger partial charge in [0.25, 0.3) is 11.5 Å². The lowest BCUT2D eigenvalue weighted by Gasteiger charge is -2.23. The van der Waals surface area contributed by atoms with Crippen molar-refractivity contribution in [2.75, 3.05) is 6.54 Å². The van der Waals surface area contributed by atoms with Crippen molar-refractivity contribution in [3.05, 3.63) is 28.0 Å². The second kappa shape index (κ2) is 5.13. The van der Waals surface area contributed by atoms with Crippen molar-refractivity contribution in [3.8, 4) is 5.88 Å². The summed E-state index contributed by atoms with van der Waals surface area (Å²) >= 11 is 0. The molecule has 3 N–H and O–H groups in total. The SMILES string of the molecule is O=C(O)CC1CCCN1C(=O)c1cc(O)[nH]c(=O)c1. The summed E-state index contributed by atoms with van der Waals surface area (Å²) in [5.41, 5.74) is -0.504. The molecule has 1 atom stereocenters. The van der Waals surface area contributed by atoms with Gasteiger partial charge in [0, 0.05) is 24.7 Å². The van der Waals surface area contributed by atoms with Crippen molar-refractivity contribution >= 4 is 11.9 Å². The molecule has 19 heavy (non-hydrogen) atoms. The molecule has 1 aromatic heterocycles. The Morgan fingerprint density at radius 2 is 2.16 bits per heavy atom. The van der Waals surface area contributed by atoms with E-state index in [1.54, 1.807) is 0 Å². The number of aliphatic carboxylic acids is 1. The molecule has 1 aliphatic rings. The molecule has 102 valence electrons. The first-order valence-corrected chi connectivity index (χ1v) is 5.93. The second-order valence-electron chi connectivity index (χ2n) is 4.51. The Morgan fingerprint density at radius 1 is 1.42 bits per heavy atom. The van der Waals surface area contributed by atoms with Crippen LogP contribution in [0.3, 0.4) is 0 Å². The zero-order valence-corrected chi connectivity index (χ0v) is 10.1. The number of rotatable bonds is 3. The van der Waals surface area contributed by atoms with Crippen molar-refractivity contribution in [2.24, 2.45) is 0 Å². The second-order valence-corrected chi connectivity index (χ2v) is 4.51. The number of amides is 1. The average Bonchev–Trinajstić information content (AvgIpc) is 2.73. The number of nitrogens with one attached hydrogen (secondary N) is 1. The molecular weight excluding hydrogens is 252 g/mol. The van der Waals surface area contributed by atoms with Gasteiger partial charge in [0.05, 0.1) is 12.0 Å². The number of pyridine rings is 1. The van der Waals surface area contributed by atoms with E-state index in [1.165, 1.54) is 11.0 Å². The van der Waals surface area contributed by atoms with Crippen LogP contribution in [0, 0.1) is 0 Å². The number of carboxylic acids is 1. The first kappa shape index (κ1) is 13.1. The number of aromatic hydroxyl groups is 1. The number of carbonyl (C=O) groups is 2. The molecule has 0 aliphatic carbocycles. The lowest BCUT2D eigenvalue weighted by molar-refractivity contribution is -0.137. The fourth-order valence-electron chi connectivity index (χ4n) is 2.33. The summed E-state index contributed by atoms with van der Waals surface area (Å²) in [5.74, 6) is -1.77. The van der Waals surface area contributed by atoms with E-state index in [4.69, 9.17) is 5.11 Å². The van der Waals surface area contributed by atoms with Crippen LogP contribution in [0.1, 0.15) is 29.6 Å². The standard InChI is InChI=1S/C12H14N2O5/c15-9-4-7(5-10(16)13-9)12(19)14-3-1-2-8(14)6-11(17)18/h4-5,8H,1-3,6H2,(H,17,18)(H2,13,15,16). The molecular formula is C12H14N2O5. The third-order valence-electron chi connectivity index (χ3n) is 3.13. The number of aromatic amines is 1. The fourth-order valence-corrected chi connectivity index (χ4v) is 2.33. The monoisotopic (exact) mass is 266 g/mol. The van der Waals surface area contributed by atoms with Crippen molar-refractivity contribution in [3.63, 3.8) is 0 Å². The van der Waals surface area contributed by atoms with Crippen LogP contribution in [0.15, 0.2) is 16.9 Å². The molecule has 1 fully saturated rings.